The highest BCUT2D eigenvalue weighted by Gasteiger charge is 2.33. The Morgan fingerprint density at radius 3 is 2.28 bits per heavy atom. The Morgan fingerprint density at radius 2 is 1.67 bits per heavy atom. The van der Waals surface area contributed by atoms with Gasteiger partial charge >= 0.3 is 0 Å². The third kappa shape index (κ3) is 8.19. The summed E-state index contributed by atoms with van der Waals surface area (Å²) in [6, 6.07) is 14.5. The van der Waals surface area contributed by atoms with Gasteiger partial charge in [0.25, 0.3) is 10.0 Å². The first-order valence-corrected chi connectivity index (χ1v) is 16.2. The average molecular weight is 651 g/mol. The quantitative estimate of drug-likeness (QED) is 0.252. The predicted molar refractivity (Wildman–Crippen MR) is 165 cm³/mol. The number of anilines is 1. The van der Waals surface area contributed by atoms with Gasteiger partial charge in [0.05, 0.1) is 17.2 Å². The van der Waals surface area contributed by atoms with Crippen LogP contribution in [-0.4, -0.2) is 50.4 Å². The first-order chi connectivity index (χ1) is 20.5. The second kappa shape index (κ2) is 14.4. The minimum absolute atomic E-state index is 0.0187. The first-order valence-electron chi connectivity index (χ1n) is 14.0. The molecule has 2 amide bonds. The van der Waals surface area contributed by atoms with Crippen molar-refractivity contribution < 1.29 is 27.1 Å². The second-order valence-corrected chi connectivity index (χ2v) is 13.0. The number of amides is 2. The maximum absolute atomic E-state index is 14.1. The Hall–Kier alpha value is -3.34. The normalized spacial score (nSPS) is 14.3. The topological polar surface area (TPSA) is 96.0 Å². The highest BCUT2D eigenvalue weighted by Crippen LogP contribution is 2.28. The van der Waals surface area contributed by atoms with Crippen molar-refractivity contribution in [3.05, 3.63) is 88.2 Å². The molecule has 12 heteroatoms. The lowest BCUT2D eigenvalue weighted by Crippen LogP contribution is -2.52. The van der Waals surface area contributed by atoms with E-state index in [1.54, 1.807) is 31.2 Å². The number of hydrogen-bond donors (Lipinski definition) is 1. The number of carbonyl (C=O) groups excluding carboxylic acids is 2. The van der Waals surface area contributed by atoms with Crippen molar-refractivity contribution in [2.75, 3.05) is 17.5 Å². The average Bonchev–Trinajstić information content (AvgIpc) is 3.49. The monoisotopic (exact) mass is 649 g/mol. The largest absolute Gasteiger partial charge is 0.494 e. The summed E-state index contributed by atoms with van der Waals surface area (Å²) in [5, 5.41) is 3.73. The van der Waals surface area contributed by atoms with Crippen LogP contribution in [0.25, 0.3) is 0 Å². The van der Waals surface area contributed by atoms with Crippen LogP contribution in [0.2, 0.25) is 10.0 Å². The molecule has 0 heterocycles. The number of rotatable bonds is 12. The second-order valence-electron chi connectivity index (χ2n) is 10.3. The number of sulfonamides is 1. The van der Waals surface area contributed by atoms with E-state index in [1.165, 1.54) is 23.1 Å². The SMILES string of the molecule is CCOc1ccc(N(CC(=O)N(Cc2ccc(Cl)cc2Cl)C(C)C(=O)NC2CCCC2)S(=O)(=O)c2ccc(F)cc2)cc1. The summed E-state index contributed by atoms with van der Waals surface area (Å²) in [6.45, 7) is 3.13. The fraction of sp³-hybridized carbons (Fsp3) is 0.355. The third-order valence-electron chi connectivity index (χ3n) is 7.34. The van der Waals surface area contributed by atoms with Crippen LogP contribution in [0.5, 0.6) is 5.75 Å². The number of nitrogens with zero attached hydrogens (tertiary/aromatic N) is 2. The van der Waals surface area contributed by atoms with Gasteiger partial charge in [0.1, 0.15) is 24.2 Å². The number of nitrogens with one attached hydrogen (secondary N) is 1. The van der Waals surface area contributed by atoms with E-state index >= 15 is 0 Å². The molecule has 0 aromatic heterocycles. The molecule has 0 spiro atoms. The Bertz CT molecular complexity index is 1530. The van der Waals surface area contributed by atoms with Gasteiger partial charge in [-0.25, -0.2) is 12.8 Å². The summed E-state index contributed by atoms with van der Waals surface area (Å²) in [4.78, 5) is 28.5. The molecule has 3 aromatic carbocycles. The van der Waals surface area contributed by atoms with Crippen molar-refractivity contribution in [2.45, 2.75) is 63.1 Å². The fourth-order valence-corrected chi connectivity index (χ4v) is 6.83. The van der Waals surface area contributed by atoms with E-state index in [4.69, 9.17) is 27.9 Å². The molecule has 8 nitrogen and oxygen atoms in total. The summed E-state index contributed by atoms with van der Waals surface area (Å²) in [5.74, 6) is -1.07. The van der Waals surface area contributed by atoms with Gasteiger partial charge in [-0.05, 0) is 92.9 Å². The van der Waals surface area contributed by atoms with Crippen LogP contribution < -0.4 is 14.4 Å². The molecule has 1 aliphatic carbocycles. The summed E-state index contributed by atoms with van der Waals surface area (Å²) >= 11 is 12.5. The third-order valence-corrected chi connectivity index (χ3v) is 9.72. The molecular weight excluding hydrogens is 616 g/mol. The zero-order valence-corrected chi connectivity index (χ0v) is 26.3. The lowest BCUT2D eigenvalue weighted by molar-refractivity contribution is -0.139. The van der Waals surface area contributed by atoms with Crippen LogP contribution in [0, 0.1) is 5.82 Å². The zero-order chi connectivity index (χ0) is 31.1. The van der Waals surface area contributed by atoms with Gasteiger partial charge in [0.15, 0.2) is 0 Å². The Morgan fingerprint density at radius 1 is 1.02 bits per heavy atom. The van der Waals surface area contributed by atoms with Crippen molar-refractivity contribution in [3.63, 3.8) is 0 Å². The lowest BCUT2D eigenvalue weighted by atomic mass is 10.1. The van der Waals surface area contributed by atoms with E-state index in [2.05, 4.69) is 5.32 Å². The van der Waals surface area contributed by atoms with Crippen molar-refractivity contribution in [3.8, 4) is 5.75 Å². The summed E-state index contributed by atoms with van der Waals surface area (Å²) in [7, 11) is -4.34. The van der Waals surface area contributed by atoms with E-state index in [1.807, 2.05) is 6.92 Å². The molecule has 230 valence electrons. The molecule has 0 radical (unpaired) electrons. The highest BCUT2D eigenvalue weighted by molar-refractivity contribution is 7.92. The van der Waals surface area contributed by atoms with Gasteiger partial charge in [0.2, 0.25) is 11.8 Å². The first kappa shape index (κ1) is 32.6. The Labute approximate surface area is 261 Å². The highest BCUT2D eigenvalue weighted by atomic mass is 35.5. The van der Waals surface area contributed by atoms with Crippen molar-refractivity contribution >= 4 is 50.7 Å². The minimum Gasteiger partial charge on any atom is -0.494 e. The van der Waals surface area contributed by atoms with Gasteiger partial charge in [-0.1, -0.05) is 42.1 Å². The van der Waals surface area contributed by atoms with Crippen molar-refractivity contribution in [1.29, 1.82) is 0 Å². The summed E-state index contributed by atoms with van der Waals surface area (Å²) in [5.41, 5.74) is 0.725. The number of carbonyl (C=O) groups is 2. The van der Waals surface area contributed by atoms with Crippen LogP contribution in [0.1, 0.15) is 45.1 Å². The molecule has 0 saturated heterocycles. The number of halogens is 3. The van der Waals surface area contributed by atoms with E-state index in [9.17, 15) is 22.4 Å². The molecule has 1 fully saturated rings. The molecular formula is C31H34Cl2FN3O5S. The van der Waals surface area contributed by atoms with Crippen molar-refractivity contribution in [1.82, 2.24) is 10.2 Å². The molecule has 1 saturated carbocycles. The molecule has 0 aliphatic heterocycles. The Balaban J connectivity index is 1.70. The molecule has 1 aliphatic rings. The van der Waals surface area contributed by atoms with E-state index in [0.29, 0.717) is 28.0 Å². The maximum atomic E-state index is 14.1. The lowest BCUT2D eigenvalue weighted by Gasteiger charge is -2.32. The van der Waals surface area contributed by atoms with Gasteiger partial charge in [-0.2, -0.15) is 0 Å². The summed E-state index contributed by atoms with van der Waals surface area (Å²) < 4.78 is 47.9. The van der Waals surface area contributed by atoms with Crippen LogP contribution in [-0.2, 0) is 26.2 Å². The summed E-state index contributed by atoms with van der Waals surface area (Å²) in [6.07, 6.45) is 3.75. The van der Waals surface area contributed by atoms with Crippen LogP contribution in [0.3, 0.4) is 0 Å². The predicted octanol–water partition coefficient (Wildman–Crippen LogP) is 6.20. The molecule has 1 unspecified atom stereocenters. The van der Waals surface area contributed by atoms with Crippen LogP contribution in [0.15, 0.2) is 71.6 Å². The van der Waals surface area contributed by atoms with E-state index in [-0.39, 0.29) is 29.1 Å². The van der Waals surface area contributed by atoms with Gasteiger partial charge in [0, 0.05) is 22.6 Å². The van der Waals surface area contributed by atoms with Gasteiger partial charge in [-0.3, -0.25) is 13.9 Å². The molecule has 4 rings (SSSR count). The number of benzene rings is 3. The van der Waals surface area contributed by atoms with Crippen LogP contribution in [0.4, 0.5) is 10.1 Å². The standard InChI is InChI=1S/C31H34Cl2FN3O5S/c1-3-42-27-14-12-26(13-15-27)37(43(40,41)28-16-10-24(34)11-17-28)20-30(38)36(19-22-8-9-23(32)18-29(22)33)21(2)31(39)35-25-6-4-5-7-25/h8-18,21,25H,3-7,19-20H2,1-2H3,(H,35,39). The van der Waals surface area contributed by atoms with Gasteiger partial charge in [-0.15, -0.1) is 0 Å². The minimum atomic E-state index is -4.34. The van der Waals surface area contributed by atoms with Gasteiger partial charge < -0.3 is 15.0 Å². The van der Waals surface area contributed by atoms with Crippen molar-refractivity contribution in [2.24, 2.45) is 0 Å². The van der Waals surface area contributed by atoms with E-state index < -0.39 is 34.3 Å². The smallest absolute Gasteiger partial charge is 0.264 e. The molecule has 3 aromatic rings. The molecule has 1 atom stereocenters. The van der Waals surface area contributed by atoms with E-state index in [0.717, 1.165) is 54.3 Å². The Kier molecular flexibility index (Phi) is 10.9. The fourth-order valence-electron chi connectivity index (χ4n) is 4.95. The molecule has 0 bridgehead atoms. The molecule has 1 N–H and O–H groups in total. The molecule has 43 heavy (non-hydrogen) atoms. The number of ether oxygens (including phenoxy) is 1. The number of hydrogen-bond acceptors (Lipinski definition) is 5. The maximum Gasteiger partial charge on any atom is 0.264 e. The van der Waals surface area contributed by atoms with Crippen LogP contribution >= 0.6 is 23.2 Å². The zero-order valence-electron chi connectivity index (χ0n) is 23.9.